The number of guanidine groups is 1. The molecule has 1 aliphatic rings. The molecule has 9 heteroatoms. The summed E-state index contributed by atoms with van der Waals surface area (Å²) in [5.41, 5.74) is 12.1. The van der Waals surface area contributed by atoms with Crippen LogP contribution in [0.1, 0.15) is 27.2 Å². The predicted octanol–water partition coefficient (Wildman–Crippen LogP) is 2.47. The van der Waals surface area contributed by atoms with Gasteiger partial charge in [0.15, 0.2) is 22.9 Å². The van der Waals surface area contributed by atoms with E-state index < -0.39 is 11.1 Å². The summed E-state index contributed by atoms with van der Waals surface area (Å²) in [6.07, 6.45) is 3.87. The van der Waals surface area contributed by atoms with Gasteiger partial charge in [-0.2, -0.15) is 4.99 Å². The molecular formula is C20H32N6O2S. The highest BCUT2D eigenvalue weighted by Crippen LogP contribution is 2.30. The largest absolute Gasteiger partial charge is 0.370 e. The molecule has 1 saturated heterocycles. The molecule has 3 rings (SSSR count). The number of hydrogen-bond donors (Lipinski definition) is 4. The fraction of sp³-hybridized carbons (Fsp3) is 0.400. The van der Waals surface area contributed by atoms with Crippen LogP contribution in [0, 0.1) is 0 Å². The van der Waals surface area contributed by atoms with E-state index in [-0.39, 0.29) is 18.9 Å². The van der Waals surface area contributed by atoms with Crippen LogP contribution in [-0.4, -0.2) is 45.4 Å². The van der Waals surface area contributed by atoms with Crippen LogP contribution < -0.4 is 21.7 Å². The Hall–Kier alpha value is -2.49. The quantitative estimate of drug-likeness (QED) is 0.339. The van der Waals surface area contributed by atoms with E-state index in [1.807, 2.05) is 19.2 Å². The third-order valence-electron chi connectivity index (χ3n) is 4.76. The van der Waals surface area contributed by atoms with E-state index in [2.05, 4.69) is 27.1 Å². The number of nitrogens with two attached hydrogens (primary N) is 2. The lowest BCUT2D eigenvalue weighted by molar-refractivity contribution is 0.305. The van der Waals surface area contributed by atoms with Gasteiger partial charge in [-0.25, -0.2) is 9.19 Å². The normalized spacial score (nSPS) is 15.9. The number of benzene rings is 1. The molecule has 0 bridgehead atoms. The second kappa shape index (κ2) is 11.5. The van der Waals surface area contributed by atoms with E-state index in [1.54, 1.807) is 36.5 Å². The Morgan fingerprint density at radius 2 is 1.83 bits per heavy atom. The van der Waals surface area contributed by atoms with Crippen LogP contribution in [0.15, 0.2) is 58.5 Å². The van der Waals surface area contributed by atoms with Crippen LogP contribution in [0.5, 0.6) is 0 Å². The molecule has 0 saturated carbocycles. The fourth-order valence-corrected chi connectivity index (χ4v) is 3.26. The van der Waals surface area contributed by atoms with Gasteiger partial charge in [0.05, 0.1) is 10.6 Å². The van der Waals surface area contributed by atoms with Crippen molar-refractivity contribution in [2.45, 2.75) is 37.6 Å². The van der Waals surface area contributed by atoms with Crippen molar-refractivity contribution in [3.63, 3.8) is 0 Å². The minimum absolute atomic E-state index is 0. The molecule has 0 amide bonds. The molecule has 0 spiro atoms. The highest BCUT2D eigenvalue weighted by atomic mass is 32.2. The van der Waals surface area contributed by atoms with Gasteiger partial charge in [0.25, 0.3) is 0 Å². The van der Waals surface area contributed by atoms with Gasteiger partial charge in [0.1, 0.15) is 0 Å². The molecule has 1 atom stereocenters. The van der Waals surface area contributed by atoms with Crippen molar-refractivity contribution < 1.29 is 8.76 Å². The van der Waals surface area contributed by atoms with Crippen LogP contribution in [0.2, 0.25) is 0 Å². The number of aliphatic imine (C=N–C) groups is 1. The molecule has 6 N–H and O–H groups in total. The number of aromatic nitrogens is 1. The van der Waals surface area contributed by atoms with E-state index in [1.165, 1.54) is 0 Å². The van der Waals surface area contributed by atoms with E-state index in [0.717, 1.165) is 31.6 Å². The molecule has 0 radical (unpaired) electrons. The lowest BCUT2D eigenvalue weighted by atomic mass is 9.90. The van der Waals surface area contributed by atoms with Crippen molar-refractivity contribution in [2.24, 2.45) is 16.5 Å². The monoisotopic (exact) mass is 420 g/mol. The number of nitrogens with one attached hydrogen (secondary N) is 1. The van der Waals surface area contributed by atoms with Crippen LogP contribution in [0.3, 0.4) is 0 Å². The Kier molecular flexibility index (Phi) is 9.73. The zero-order valence-corrected chi connectivity index (χ0v) is 17.0. The summed E-state index contributed by atoms with van der Waals surface area (Å²) in [7, 11) is 2.02. The maximum atomic E-state index is 10.3. The highest BCUT2D eigenvalue weighted by molar-refractivity contribution is 7.79. The predicted molar refractivity (Wildman–Crippen MR) is 121 cm³/mol. The molecule has 2 aromatic rings. The topological polar surface area (TPSA) is 130 Å². The Labute approximate surface area is 175 Å². The van der Waals surface area contributed by atoms with Crippen LogP contribution in [0.4, 0.5) is 11.5 Å². The number of piperidine rings is 1. The van der Waals surface area contributed by atoms with Crippen molar-refractivity contribution in [3.8, 4) is 0 Å². The SMILES string of the molecule is C.CNC1(C)CCN(c2cccnc2N=C(N)N)CC1.O=S(O)c1ccccc1. The molecule has 1 aromatic carbocycles. The van der Waals surface area contributed by atoms with Gasteiger partial charge in [0.2, 0.25) is 0 Å². The van der Waals surface area contributed by atoms with Crippen molar-refractivity contribution in [3.05, 3.63) is 48.7 Å². The summed E-state index contributed by atoms with van der Waals surface area (Å²) in [4.78, 5) is 11.1. The molecule has 2 heterocycles. The van der Waals surface area contributed by atoms with E-state index in [4.69, 9.17) is 16.0 Å². The average molecular weight is 421 g/mol. The Balaban J connectivity index is 0.000000355. The first-order chi connectivity index (χ1) is 13.3. The summed E-state index contributed by atoms with van der Waals surface area (Å²) in [6.45, 7) is 4.19. The standard InChI is InChI=1S/C13H22N6.C6H6O2S.CH4/c1-13(16-2)5-8-19(9-6-13)10-4-3-7-17-11(10)18-12(14)15;7-9(8)6-4-2-1-3-5-6;/h3-4,7,16H,5-6,8-9H2,1-2H3,(H4,14,15,17,18);1-5H,(H,7,8);1H4. The second-order valence-corrected chi connectivity index (χ2v) is 7.71. The minimum atomic E-state index is -1.83. The van der Waals surface area contributed by atoms with Crippen molar-refractivity contribution in [1.29, 1.82) is 0 Å². The van der Waals surface area contributed by atoms with Crippen molar-refractivity contribution >= 4 is 28.5 Å². The number of anilines is 1. The Morgan fingerprint density at radius 1 is 1.21 bits per heavy atom. The minimum Gasteiger partial charge on any atom is -0.370 e. The van der Waals surface area contributed by atoms with Crippen LogP contribution in [-0.2, 0) is 11.1 Å². The summed E-state index contributed by atoms with van der Waals surface area (Å²) in [5, 5.41) is 3.39. The first kappa shape index (κ1) is 24.5. The summed E-state index contributed by atoms with van der Waals surface area (Å²) in [5.74, 6) is 0.632. The molecule has 1 fully saturated rings. The third kappa shape index (κ3) is 7.45. The van der Waals surface area contributed by atoms with Gasteiger partial charge in [-0.3, -0.25) is 0 Å². The average Bonchev–Trinajstić information content (AvgIpc) is 2.70. The smallest absolute Gasteiger partial charge is 0.192 e. The van der Waals surface area contributed by atoms with Gasteiger partial charge in [0, 0.05) is 24.8 Å². The molecule has 0 aliphatic carbocycles. The number of rotatable bonds is 4. The van der Waals surface area contributed by atoms with Gasteiger partial charge in [-0.1, -0.05) is 25.6 Å². The molecule has 8 nitrogen and oxygen atoms in total. The van der Waals surface area contributed by atoms with Gasteiger partial charge < -0.3 is 26.2 Å². The Bertz CT molecular complexity index is 804. The summed E-state index contributed by atoms with van der Waals surface area (Å²) in [6, 6.07) is 12.4. The first-order valence-electron chi connectivity index (χ1n) is 8.99. The lowest BCUT2D eigenvalue weighted by Crippen LogP contribution is -2.50. The fourth-order valence-electron chi connectivity index (χ4n) is 2.87. The first-order valence-corrected chi connectivity index (χ1v) is 10.1. The van der Waals surface area contributed by atoms with Crippen LogP contribution >= 0.6 is 0 Å². The maximum absolute atomic E-state index is 10.3. The molecule has 29 heavy (non-hydrogen) atoms. The van der Waals surface area contributed by atoms with E-state index in [9.17, 15) is 4.21 Å². The van der Waals surface area contributed by atoms with E-state index in [0.29, 0.717) is 10.7 Å². The van der Waals surface area contributed by atoms with Gasteiger partial charge >= 0.3 is 0 Å². The molecule has 1 unspecified atom stereocenters. The summed E-state index contributed by atoms with van der Waals surface area (Å²) >= 11 is -1.83. The molecule has 1 aromatic heterocycles. The van der Waals surface area contributed by atoms with E-state index >= 15 is 0 Å². The van der Waals surface area contributed by atoms with Crippen LogP contribution in [0.25, 0.3) is 0 Å². The molecule has 160 valence electrons. The van der Waals surface area contributed by atoms with Crippen molar-refractivity contribution in [1.82, 2.24) is 10.3 Å². The van der Waals surface area contributed by atoms with Crippen molar-refractivity contribution in [2.75, 3.05) is 25.0 Å². The number of nitrogens with zero attached hydrogens (tertiary/aromatic N) is 3. The third-order valence-corrected chi connectivity index (χ3v) is 5.43. The molecule has 1 aliphatic heterocycles. The van der Waals surface area contributed by atoms with Gasteiger partial charge in [-0.15, -0.1) is 0 Å². The number of hydrogen-bond acceptors (Lipinski definition) is 5. The summed E-state index contributed by atoms with van der Waals surface area (Å²) < 4.78 is 18.8. The van der Waals surface area contributed by atoms with Gasteiger partial charge in [-0.05, 0) is 51.1 Å². The second-order valence-electron chi connectivity index (χ2n) is 6.74. The maximum Gasteiger partial charge on any atom is 0.192 e. The Morgan fingerprint density at radius 3 is 2.31 bits per heavy atom. The highest BCUT2D eigenvalue weighted by Gasteiger charge is 2.29. The molecular weight excluding hydrogens is 388 g/mol. The zero-order valence-electron chi connectivity index (χ0n) is 16.2. The lowest BCUT2D eigenvalue weighted by Gasteiger charge is -2.40. The zero-order chi connectivity index (χ0) is 20.6. The number of pyridine rings is 1.